The van der Waals surface area contributed by atoms with Gasteiger partial charge < -0.3 is 15.3 Å². The molecule has 0 aliphatic carbocycles. The van der Waals surface area contributed by atoms with Gasteiger partial charge in [0.2, 0.25) is 0 Å². The van der Waals surface area contributed by atoms with Crippen molar-refractivity contribution >= 4 is 0 Å². The molecule has 3 nitrogen and oxygen atoms in total. The molecule has 1 saturated heterocycles. The molecule has 0 saturated carbocycles. The van der Waals surface area contributed by atoms with Crippen molar-refractivity contribution in [3.63, 3.8) is 0 Å². The van der Waals surface area contributed by atoms with E-state index in [-0.39, 0.29) is 12.1 Å². The van der Waals surface area contributed by atoms with E-state index in [4.69, 9.17) is 0 Å². The van der Waals surface area contributed by atoms with Gasteiger partial charge in [-0.15, -0.1) is 0 Å². The fourth-order valence-corrected chi connectivity index (χ4v) is 3.83. The molecule has 126 valence electrons. The van der Waals surface area contributed by atoms with Crippen molar-refractivity contribution < 1.29 is 5.11 Å². The van der Waals surface area contributed by atoms with Gasteiger partial charge >= 0.3 is 0 Å². The van der Waals surface area contributed by atoms with Crippen LogP contribution in [0.2, 0.25) is 0 Å². The molecule has 0 amide bonds. The minimum Gasteiger partial charge on any atom is -0.394 e. The number of aliphatic hydroxyl groups is 1. The molecule has 1 fully saturated rings. The molecule has 0 spiro atoms. The van der Waals surface area contributed by atoms with E-state index >= 15 is 0 Å². The van der Waals surface area contributed by atoms with Crippen LogP contribution >= 0.6 is 0 Å². The molecule has 3 unspecified atom stereocenters. The van der Waals surface area contributed by atoms with Crippen LogP contribution in [-0.2, 0) is 0 Å². The van der Waals surface area contributed by atoms with Gasteiger partial charge in [0.15, 0.2) is 0 Å². The van der Waals surface area contributed by atoms with Crippen LogP contribution in [0.3, 0.4) is 0 Å². The topological polar surface area (TPSA) is 35.5 Å². The lowest BCUT2D eigenvalue weighted by Gasteiger charge is -2.36. The summed E-state index contributed by atoms with van der Waals surface area (Å²) in [6.45, 7) is 17.3. The average Bonchev–Trinajstić information content (AvgIpc) is 2.64. The number of hydrogen-bond donors (Lipinski definition) is 2. The molecular weight excluding hydrogens is 260 g/mol. The summed E-state index contributed by atoms with van der Waals surface area (Å²) in [5, 5.41) is 13.1. The monoisotopic (exact) mass is 298 g/mol. The van der Waals surface area contributed by atoms with Crippen molar-refractivity contribution in [3.05, 3.63) is 0 Å². The zero-order chi connectivity index (χ0) is 16.1. The second kappa shape index (κ2) is 7.94. The van der Waals surface area contributed by atoms with Crippen LogP contribution in [0.15, 0.2) is 0 Å². The summed E-state index contributed by atoms with van der Waals surface area (Å²) in [7, 11) is 0. The molecule has 21 heavy (non-hydrogen) atoms. The number of nitrogens with zero attached hydrogens (tertiary/aromatic N) is 1. The summed E-state index contributed by atoms with van der Waals surface area (Å²) in [6.07, 6.45) is 4.99. The van der Waals surface area contributed by atoms with E-state index in [0.717, 1.165) is 18.9 Å². The Hall–Kier alpha value is -0.120. The SMILES string of the molecule is CCNC(C)(CO)CC(C)N1CCCC(C(C)(C)C)CC1. The van der Waals surface area contributed by atoms with Gasteiger partial charge in [-0.3, -0.25) is 0 Å². The first-order valence-corrected chi connectivity index (χ1v) is 8.82. The largest absolute Gasteiger partial charge is 0.394 e. The van der Waals surface area contributed by atoms with Gasteiger partial charge in [0, 0.05) is 11.6 Å². The van der Waals surface area contributed by atoms with Crippen LogP contribution in [-0.4, -0.2) is 47.8 Å². The second-order valence-corrected chi connectivity index (χ2v) is 8.33. The number of hydrogen-bond acceptors (Lipinski definition) is 3. The zero-order valence-corrected chi connectivity index (χ0v) is 15.2. The lowest BCUT2D eigenvalue weighted by Crippen LogP contribution is -2.50. The number of aliphatic hydroxyl groups excluding tert-OH is 1. The molecule has 3 heteroatoms. The quantitative estimate of drug-likeness (QED) is 0.790. The maximum Gasteiger partial charge on any atom is 0.0611 e. The Bertz CT molecular complexity index is 300. The molecule has 0 aromatic rings. The lowest BCUT2D eigenvalue weighted by atomic mass is 9.77. The maximum absolute atomic E-state index is 9.69. The van der Waals surface area contributed by atoms with Gasteiger partial charge in [0.25, 0.3) is 0 Å². The third-order valence-electron chi connectivity index (χ3n) is 5.31. The molecule has 1 aliphatic heterocycles. The van der Waals surface area contributed by atoms with Crippen molar-refractivity contribution in [2.75, 3.05) is 26.2 Å². The predicted molar refractivity (Wildman–Crippen MR) is 91.6 cm³/mol. The number of likely N-dealkylation sites (tertiary alicyclic amines) is 1. The number of rotatable bonds is 6. The van der Waals surface area contributed by atoms with Crippen molar-refractivity contribution in [1.82, 2.24) is 10.2 Å². The summed E-state index contributed by atoms with van der Waals surface area (Å²) >= 11 is 0. The molecule has 0 aromatic heterocycles. The van der Waals surface area contributed by atoms with Gasteiger partial charge in [-0.1, -0.05) is 27.7 Å². The highest BCUT2D eigenvalue weighted by Gasteiger charge is 2.31. The third kappa shape index (κ3) is 5.88. The highest BCUT2D eigenvalue weighted by Crippen LogP contribution is 2.35. The van der Waals surface area contributed by atoms with E-state index < -0.39 is 0 Å². The molecule has 1 heterocycles. The number of nitrogens with one attached hydrogen (secondary N) is 1. The van der Waals surface area contributed by atoms with Crippen molar-refractivity contribution in [3.8, 4) is 0 Å². The van der Waals surface area contributed by atoms with Gasteiger partial charge in [-0.05, 0) is 70.5 Å². The van der Waals surface area contributed by atoms with Crippen LogP contribution in [0.1, 0.15) is 67.2 Å². The predicted octanol–water partition coefficient (Wildman–Crippen LogP) is 3.27. The number of likely N-dealkylation sites (N-methyl/N-ethyl adjacent to an activating group) is 1. The Labute approximate surface area is 132 Å². The van der Waals surface area contributed by atoms with Crippen LogP contribution in [0, 0.1) is 11.3 Å². The zero-order valence-electron chi connectivity index (χ0n) is 15.2. The average molecular weight is 299 g/mol. The molecule has 0 radical (unpaired) electrons. The summed E-state index contributed by atoms with van der Waals surface area (Å²) in [5.74, 6) is 0.840. The van der Waals surface area contributed by atoms with Crippen molar-refractivity contribution in [1.29, 1.82) is 0 Å². The third-order valence-corrected chi connectivity index (χ3v) is 5.31. The molecule has 1 aliphatic rings. The Morgan fingerprint density at radius 2 is 1.86 bits per heavy atom. The van der Waals surface area contributed by atoms with Crippen LogP contribution in [0.4, 0.5) is 0 Å². The minimum atomic E-state index is -0.149. The van der Waals surface area contributed by atoms with Gasteiger partial charge in [-0.2, -0.15) is 0 Å². The molecular formula is C18H38N2O. The molecule has 0 aromatic carbocycles. The lowest BCUT2D eigenvalue weighted by molar-refractivity contribution is 0.115. The fraction of sp³-hybridized carbons (Fsp3) is 1.00. The Kier molecular flexibility index (Phi) is 7.15. The summed E-state index contributed by atoms with van der Waals surface area (Å²) in [4.78, 5) is 2.64. The van der Waals surface area contributed by atoms with Crippen LogP contribution in [0.25, 0.3) is 0 Å². The highest BCUT2D eigenvalue weighted by atomic mass is 16.3. The summed E-state index contributed by atoms with van der Waals surface area (Å²) in [6, 6.07) is 0.528. The van der Waals surface area contributed by atoms with Crippen LogP contribution < -0.4 is 5.32 Å². The molecule has 3 atom stereocenters. The van der Waals surface area contributed by atoms with E-state index in [1.54, 1.807) is 0 Å². The van der Waals surface area contributed by atoms with Crippen LogP contribution in [0.5, 0.6) is 0 Å². The van der Waals surface area contributed by atoms with Gasteiger partial charge in [0.1, 0.15) is 0 Å². The van der Waals surface area contributed by atoms with E-state index in [0.29, 0.717) is 11.5 Å². The smallest absolute Gasteiger partial charge is 0.0611 e. The van der Waals surface area contributed by atoms with E-state index in [2.05, 4.69) is 51.8 Å². The minimum absolute atomic E-state index is 0.149. The summed E-state index contributed by atoms with van der Waals surface area (Å²) < 4.78 is 0. The first-order valence-electron chi connectivity index (χ1n) is 8.82. The molecule has 2 N–H and O–H groups in total. The molecule has 1 rings (SSSR count). The Morgan fingerprint density at radius 1 is 1.19 bits per heavy atom. The Balaban J connectivity index is 2.57. The normalized spacial score (nSPS) is 26.1. The van der Waals surface area contributed by atoms with Gasteiger partial charge in [-0.25, -0.2) is 0 Å². The standard InChI is InChI=1S/C18H38N2O/c1-7-19-18(6,14-21)13-15(2)20-11-8-9-16(10-12-20)17(3,4)5/h15-16,19,21H,7-14H2,1-6H3. The Morgan fingerprint density at radius 3 is 2.38 bits per heavy atom. The highest BCUT2D eigenvalue weighted by molar-refractivity contribution is 4.88. The van der Waals surface area contributed by atoms with Crippen molar-refractivity contribution in [2.45, 2.75) is 78.8 Å². The van der Waals surface area contributed by atoms with E-state index in [1.807, 2.05) is 0 Å². The van der Waals surface area contributed by atoms with E-state index in [1.165, 1.54) is 32.4 Å². The van der Waals surface area contributed by atoms with Gasteiger partial charge in [0.05, 0.1) is 6.61 Å². The summed E-state index contributed by atoms with van der Waals surface area (Å²) in [5.41, 5.74) is 0.284. The maximum atomic E-state index is 9.69. The fourth-order valence-electron chi connectivity index (χ4n) is 3.83. The first-order chi connectivity index (χ1) is 9.72. The van der Waals surface area contributed by atoms with E-state index in [9.17, 15) is 5.11 Å². The van der Waals surface area contributed by atoms with Crippen molar-refractivity contribution in [2.24, 2.45) is 11.3 Å². The first kappa shape index (κ1) is 18.9. The molecule has 0 bridgehead atoms. The second-order valence-electron chi connectivity index (χ2n) is 8.33.